The van der Waals surface area contributed by atoms with Gasteiger partial charge in [0.15, 0.2) is 0 Å². The first-order chi connectivity index (χ1) is 16.7. The van der Waals surface area contributed by atoms with E-state index in [1.54, 1.807) is 24.3 Å². The standard InChI is InChI=1S/C22H26ClN3O7S2/c1-34-13-8-20(22(27)33-15-16-2-4-17(23)5-3-16)24-19-7-6-18(14-21(19)26(28)29)35(30,31)25-9-11-32-12-10-25/h2-7,14,20,24H,8-13,15H2,1H3/t20-/m0/s1. The van der Waals surface area contributed by atoms with Crippen molar-refractivity contribution in [2.24, 2.45) is 0 Å². The van der Waals surface area contributed by atoms with Crippen molar-refractivity contribution in [2.75, 3.05) is 43.6 Å². The first kappa shape index (κ1) is 27.2. The molecule has 0 saturated carbocycles. The summed E-state index contributed by atoms with van der Waals surface area (Å²) in [6, 6.07) is 9.59. The van der Waals surface area contributed by atoms with E-state index < -0.39 is 32.6 Å². The number of nitro groups is 1. The number of benzene rings is 2. The van der Waals surface area contributed by atoms with Crippen LogP contribution in [-0.2, 0) is 30.9 Å². The van der Waals surface area contributed by atoms with E-state index in [-0.39, 0.29) is 43.5 Å². The number of hydrogen-bond donors (Lipinski definition) is 1. The van der Waals surface area contributed by atoms with Crippen LogP contribution >= 0.6 is 23.4 Å². The zero-order chi connectivity index (χ0) is 25.4. The first-order valence-corrected chi connectivity index (χ1v) is 14.0. The van der Waals surface area contributed by atoms with E-state index >= 15 is 0 Å². The van der Waals surface area contributed by atoms with Crippen LogP contribution in [0.15, 0.2) is 47.4 Å². The Balaban J connectivity index is 1.79. The number of carbonyl (C=O) groups is 1. The fraction of sp³-hybridized carbons (Fsp3) is 0.409. The van der Waals surface area contributed by atoms with Crippen LogP contribution in [0.3, 0.4) is 0 Å². The van der Waals surface area contributed by atoms with Gasteiger partial charge in [0.1, 0.15) is 18.3 Å². The molecule has 10 nitrogen and oxygen atoms in total. The Kier molecular flexibility index (Phi) is 9.75. The van der Waals surface area contributed by atoms with Crippen LogP contribution in [0.5, 0.6) is 0 Å². The summed E-state index contributed by atoms with van der Waals surface area (Å²) >= 11 is 7.39. The van der Waals surface area contributed by atoms with Crippen molar-refractivity contribution in [1.82, 2.24) is 4.31 Å². The number of ether oxygens (including phenoxy) is 2. The third-order valence-corrected chi connectivity index (χ3v) is 8.08. The van der Waals surface area contributed by atoms with Gasteiger partial charge in [-0.05, 0) is 48.3 Å². The number of esters is 1. The molecule has 1 heterocycles. The molecule has 13 heteroatoms. The zero-order valence-corrected chi connectivity index (χ0v) is 21.4. The quantitative estimate of drug-likeness (QED) is 0.257. The molecule has 3 rings (SSSR count). The third-order valence-electron chi connectivity index (χ3n) is 5.29. The first-order valence-electron chi connectivity index (χ1n) is 10.7. The Hall–Kier alpha value is -2.38. The lowest BCUT2D eigenvalue weighted by Gasteiger charge is -2.26. The van der Waals surface area contributed by atoms with Crippen LogP contribution in [-0.4, -0.2) is 68.0 Å². The minimum atomic E-state index is -3.92. The fourth-order valence-electron chi connectivity index (χ4n) is 3.39. The lowest BCUT2D eigenvalue weighted by Crippen LogP contribution is -2.40. The van der Waals surface area contributed by atoms with Gasteiger partial charge in [-0.2, -0.15) is 16.1 Å². The number of anilines is 1. The largest absolute Gasteiger partial charge is 0.459 e. The highest BCUT2D eigenvalue weighted by molar-refractivity contribution is 7.98. The Morgan fingerprint density at radius 2 is 1.94 bits per heavy atom. The van der Waals surface area contributed by atoms with Gasteiger partial charge in [0.05, 0.1) is 23.0 Å². The number of nitrogens with one attached hydrogen (secondary N) is 1. The third kappa shape index (κ3) is 7.31. The van der Waals surface area contributed by atoms with Crippen LogP contribution in [0.2, 0.25) is 5.02 Å². The van der Waals surface area contributed by atoms with Crippen molar-refractivity contribution < 1.29 is 27.6 Å². The average molecular weight is 544 g/mol. The summed E-state index contributed by atoms with van der Waals surface area (Å²) in [5, 5.41) is 15.2. The molecule has 2 aromatic rings. The lowest BCUT2D eigenvalue weighted by atomic mass is 10.2. The van der Waals surface area contributed by atoms with E-state index in [1.165, 1.54) is 28.2 Å². The number of halogens is 1. The zero-order valence-electron chi connectivity index (χ0n) is 19.0. The molecule has 1 aliphatic heterocycles. The Bertz CT molecular complexity index is 1140. The van der Waals surface area contributed by atoms with E-state index in [9.17, 15) is 23.3 Å². The molecule has 0 unspecified atom stereocenters. The molecule has 0 amide bonds. The van der Waals surface area contributed by atoms with Gasteiger partial charge in [-0.25, -0.2) is 13.2 Å². The molecule has 0 bridgehead atoms. The van der Waals surface area contributed by atoms with E-state index in [1.807, 2.05) is 6.26 Å². The number of morpholine rings is 1. The highest BCUT2D eigenvalue weighted by Gasteiger charge is 2.30. The van der Waals surface area contributed by atoms with Crippen molar-refractivity contribution >= 4 is 50.7 Å². The molecular formula is C22H26ClN3O7S2. The maximum atomic E-state index is 12.9. The van der Waals surface area contributed by atoms with Gasteiger partial charge in [-0.3, -0.25) is 10.1 Å². The van der Waals surface area contributed by atoms with Crippen molar-refractivity contribution in [2.45, 2.75) is 24.0 Å². The van der Waals surface area contributed by atoms with Crippen molar-refractivity contribution in [3.05, 3.63) is 63.2 Å². The smallest absolute Gasteiger partial charge is 0.328 e. The van der Waals surface area contributed by atoms with E-state index in [4.69, 9.17) is 21.1 Å². The van der Waals surface area contributed by atoms with Gasteiger partial charge in [-0.1, -0.05) is 23.7 Å². The van der Waals surface area contributed by atoms with Crippen LogP contribution in [0.4, 0.5) is 11.4 Å². The molecule has 1 fully saturated rings. The SMILES string of the molecule is CSCC[C@H](Nc1ccc(S(=O)(=O)N2CCOCC2)cc1[N+](=O)[O-])C(=O)OCc1ccc(Cl)cc1. The second-order valence-electron chi connectivity index (χ2n) is 7.67. The number of thioether (sulfide) groups is 1. The Morgan fingerprint density at radius 3 is 2.57 bits per heavy atom. The highest BCUT2D eigenvalue weighted by atomic mass is 35.5. The molecule has 1 saturated heterocycles. The van der Waals surface area contributed by atoms with Crippen LogP contribution in [0, 0.1) is 10.1 Å². The topological polar surface area (TPSA) is 128 Å². The van der Waals surface area contributed by atoms with Gasteiger partial charge in [0.2, 0.25) is 10.0 Å². The van der Waals surface area contributed by atoms with Gasteiger partial charge in [0.25, 0.3) is 5.69 Å². The van der Waals surface area contributed by atoms with Crippen molar-refractivity contribution in [3.63, 3.8) is 0 Å². The van der Waals surface area contributed by atoms with Crippen LogP contribution in [0.1, 0.15) is 12.0 Å². The van der Waals surface area contributed by atoms with Gasteiger partial charge in [-0.15, -0.1) is 0 Å². The number of nitrogens with zero attached hydrogens (tertiary/aromatic N) is 2. The average Bonchev–Trinajstić information content (AvgIpc) is 2.86. The monoisotopic (exact) mass is 543 g/mol. The van der Waals surface area contributed by atoms with E-state index in [2.05, 4.69) is 5.32 Å². The second-order valence-corrected chi connectivity index (χ2v) is 11.0. The molecule has 0 radical (unpaired) electrons. The van der Waals surface area contributed by atoms with Crippen molar-refractivity contribution in [1.29, 1.82) is 0 Å². The van der Waals surface area contributed by atoms with Gasteiger partial charge < -0.3 is 14.8 Å². The highest BCUT2D eigenvalue weighted by Crippen LogP contribution is 2.30. The number of rotatable bonds is 11. The van der Waals surface area contributed by atoms with Gasteiger partial charge >= 0.3 is 5.97 Å². The van der Waals surface area contributed by atoms with Gasteiger partial charge in [0, 0.05) is 24.2 Å². The molecule has 0 aliphatic carbocycles. The number of hydrogen-bond acceptors (Lipinski definition) is 9. The minimum absolute atomic E-state index is 0.0201. The summed E-state index contributed by atoms with van der Waals surface area (Å²) in [4.78, 5) is 23.7. The molecule has 0 aromatic heterocycles. The van der Waals surface area contributed by atoms with Crippen LogP contribution < -0.4 is 5.32 Å². The molecular weight excluding hydrogens is 518 g/mol. The minimum Gasteiger partial charge on any atom is -0.459 e. The number of nitro benzene ring substituents is 1. The fourth-order valence-corrected chi connectivity index (χ4v) is 5.41. The summed E-state index contributed by atoms with van der Waals surface area (Å²) in [6.45, 7) is 0.886. The summed E-state index contributed by atoms with van der Waals surface area (Å²) in [5.74, 6) is 0.0265. The molecule has 35 heavy (non-hydrogen) atoms. The summed E-state index contributed by atoms with van der Waals surface area (Å²) in [6.07, 6.45) is 2.23. The second kappa shape index (κ2) is 12.5. The van der Waals surface area contributed by atoms with E-state index in [0.717, 1.165) is 11.6 Å². The molecule has 0 spiro atoms. The lowest BCUT2D eigenvalue weighted by molar-refractivity contribution is -0.384. The van der Waals surface area contributed by atoms with Crippen molar-refractivity contribution in [3.8, 4) is 0 Å². The molecule has 1 atom stereocenters. The Morgan fingerprint density at radius 1 is 1.26 bits per heavy atom. The summed E-state index contributed by atoms with van der Waals surface area (Å²) in [7, 11) is -3.92. The maximum Gasteiger partial charge on any atom is 0.328 e. The predicted octanol–water partition coefficient (Wildman–Crippen LogP) is 3.55. The number of carbonyl (C=O) groups excluding carboxylic acids is 1. The predicted molar refractivity (Wildman–Crippen MR) is 134 cm³/mol. The Labute approximate surface area is 213 Å². The molecule has 1 aliphatic rings. The number of sulfonamides is 1. The molecule has 190 valence electrons. The maximum absolute atomic E-state index is 12.9. The summed E-state index contributed by atoms with van der Waals surface area (Å²) in [5.41, 5.74) is 0.333. The summed E-state index contributed by atoms with van der Waals surface area (Å²) < 4.78 is 37.7. The van der Waals surface area contributed by atoms with Crippen LogP contribution in [0.25, 0.3) is 0 Å². The molecule has 1 N–H and O–H groups in total. The van der Waals surface area contributed by atoms with E-state index in [0.29, 0.717) is 17.2 Å². The molecule has 2 aromatic carbocycles. The normalized spacial score (nSPS) is 15.4.